The monoisotopic (exact) mass is 843 g/mol. The Bertz CT molecular complexity index is 4330. The van der Waals surface area contributed by atoms with Crippen molar-refractivity contribution >= 4 is 99.3 Å². The van der Waals surface area contributed by atoms with Gasteiger partial charge in [0, 0.05) is 32.9 Å². The number of fused-ring (bicyclic) bond motifs is 16. The van der Waals surface area contributed by atoms with Gasteiger partial charge in [0.1, 0.15) is 11.6 Å². The van der Waals surface area contributed by atoms with Crippen LogP contribution < -0.4 is 0 Å². The van der Waals surface area contributed by atoms with E-state index in [4.69, 9.17) is 9.97 Å². The predicted molar refractivity (Wildman–Crippen MR) is 266 cm³/mol. The zero-order valence-corrected chi connectivity index (χ0v) is 35.1. The molecule has 0 aliphatic heterocycles. The minimum Gasteiger partial charge on any atom is -0.308 e. The van der Waals surface area contributed by atoms with Crippen LogP contribution in [0.5, 0.6) is 0 Å². The van der Waals surface area contributed by atoms with E-state index in [9.17, 15) is 5.26 Å². The fourth-order valence-corrected chi connectivity index (χ4v) is 10.9. The van der Waals surface area contributed by atoms with Crippen molar-refractivity contribution in [2.45, 2.75) is 0 Å². The topological polar surface area (TPSA) is 78.1 Å². The first kappa shape index (κ1) is 35.1. The molecule has 9 heteroatoms. The van der Waals surface area contributed by atoms with Crippen molar-refractivity contribution in [3.8, 4) is 28.8 Å². The van der Waals surface area contributed by atoms with E-state index in [-0.39, 0.29) is 0 Å². The van der Waals surface area contributed by atoms with Gasteiger partial charge in [0.15, 0.2) is 0 Å². The van der Waals surface area contributed by atoms with Crippen LogP contribution in [-0.2, 0) is 0 Å². The lowest BCUT2D eigenvalue weighted by Gasteiger charge is -2.16. The third-order valence-corrected chi connectivity index (χ3v) is 13.7. The fourth-order valence-electron chi connectivity index (χ4n) is 10.9. The lowest BCUT2D eigenvalue weighted by molar-refractivity contribution is 1.10. The van der Waals surface area contributed by atoms with Gasteiger partial charge in [0.25, 0.3) is 0 Å². The summed E-state index contributed by atoms with van der Waals surface area (Å²) < 4.78 is 13.5. The molecule has 0 saturated heterocycles. The molecule has 0 atom stereocenters. The molecule has 6 aromatic heterocycles. The third kappa shape index (κ3) is 4.51. The summed E-state index contributed by atoms with van der Waals surface area (Å²) in [5, 5.41) is 15.7. The molecule has 66 heavy (non-hydrogen) atoms. The quantitative estimate of drug-likeness (QED) is 0.177. The Morgan fingerprint density at radius 2 is 0.697 bits per heavy atom. The van der Waals surface area contributed by atoms with Crippen LogP contribution >= 0.6 is 0 Å². The molecule has 0 spiro atoms. The van der Waals surface area contributed by atoms with Crippen molar-refractivity contribution in [3.05, 3.63) is 206 Å². The molecule has 306 valence electrons. The molecule has 0 N–H and O–H groups in total. The van der Waals surface area contributed by atoms with Crippen LogP contribution in [0.3, 0.4) is 0 Å². The highest BCUT2D eigenvalue weighted by molar-refractivity contribution is 6.12. The van der Waals surface area contributed by atoms with Crippen molar-refractivity contribution in [3.63, 3.8) is 0 Å². The summed E-state index contributed by atoms with van der Waals surface area (Å²) in [7, 11) is 0. The average molecular weight is 844 g/mol. The lowest BCUT2D eigenvalue weighted by atomic mass is 10.1. The van der Waals surface area contributed by atoms with E-state index >= 15 is 0 Å². The van der Waals surface area contributed by atoms with Gasteiger partial charge in [-0.25, -0.2) is 9.97 Å². The maximum absolute atomic E-state index is 11.3. The average Bonchev–Trinajstić information content (AvgIpc) is 4.21. The minimum atomic E-state index is 0.584. The maximum atomic E-state index is 11.3. The second-order valence-corrected chi connectivity index (χ2v) is 17.0. The fraction of sp³-hybridized carbons (Fsp3) is 0. The Morgan fingerprint density at radius 3 is 1.15 bits per heavy atom. The number of hydrogen-bond donors (Lipinski definition) is 0. The highest BCUT2D eigenvalue weighted by Crippen LogP contribution is 2.40. The first-order valence-corrected chi connectivity index (χ1v) is 22.1. The molecule has 15 aromatic rings. The van der Waals surface area contributed by atoms with E-state index in [1.54, 1.807) is 0 Å². The third-order valence-electron chi connectivity index (χ3n) is 13.7. The van der Waals surface area contributed by atoms with Gasteiger partial charge in [-0.3, -0.25) is 17.9 Å². The standard InChI is InChI=1S/C57H33N9/c58-34-41-46(63-44-18-5-1-14-37(44)39-32-35(28-30-48(39)63)61-52-22-9-11-24-54(52)65-50-20-7-3-16-42(50)59-56(61)65)26-13-27-47(41)64-45-19-6-2-15-38(45)40-33-36(29-31-49(40)64)62-53-23-10-12-25-55(53)66-51-21-8-4-17-43(51)60-57(62)66/h1-33H. The van der Waals surface area contributed by atoms with Crippen LogP contribution in [0, 0.1) is 11.3 Å². The van der Waals surface area contributed by atoms with Crippen LogP contribution in [-0.4, -0.2) is 37.0 Å². The van der Waals surface area contributed by atoms with Gasteiger partial charge in [-0.15, -0.1) is 0 Å². The number of nitriles is 1. The SMILES string of the molecule is N#Cc1c(-n2c3ccccc3c3cc(-n4c5ccccc5n5c6ccccc6nc45)ccc32)cccc1-n1c2ccccc2c2cc(-n3c4ccccc4n4c5ccccc5nc34)ccc21. The molecule has 0 bridgehead atoms. The van der Waals surface area contributed by atoms with Crippen molar-refractivity contribution < 1.29 is 0 Å². The van der Waals surface area contributed by atoms with Crippen LogP contribution in [0.2, 0.25) is 0 Å². The molecule has 9 aromatic carbocycles. The summed E-state index contributed by atoms with van der Waals surface area (Å²) in [4.78, 5) is 10.3. The van der Waals surface area contributed by atoms with Crippen LogP contribution in [0.15, 0.2) is 200 Å². The molecule has 15 rings (SSSR count). The summed E-state index contributed by atoms with van der Waals surface area (Å²) in [6, 6.07) is 72.8. The van der Waals surface area contributed by atoms with Gasteiger partial charge in [0.05, 0.1) is 77.6 Å². The first-order chi connectivity index (χ1) is 32.7. The molecule has 0 aliphatic carbocycles. The Balaban J connectivity index is 0.942. The van der Waals surface area contributed by atoms with E-state index < -0.39 is 0 Å². The number of nitrogens with zero attached hydrogens (tertiary/aromatic N) is 9. The van der Waals surface area contributed by atoms with E-state index in [0.717, 1.165) is 122 Å². The number of hydrogen-bond acceptors (Lipinski definition) is 3. The van der Waals surface area contributed by atoms with E-state index in [2.05, 4.69) is 221 Å². The summed E-state index contributed by atoms with van der Waals surface area (Å²) >= 11 is 0. The number of rotatable bonds is 4. The maximum Gasteiger partial charge on any atom is 0.220 e. The van der Waals surface area contributed by atoms with E-state index in [1.165, 1.54) is 0 Å². The second kappa shape index (κ2) is 12.8. The van der Waals surface area contributed by atoms with Gasteiger partial charge in [0.2, 0.25) is 11.6 Å². The molecule has 9 nitrogen and oxygen atoms in total. The van der Waals surface area contributed by atoms with Crippen LogP contribution in [0.4, 0.5) is 0 Å². The zero-order chi connectivity index (χ0) is 43.2. The summed E-state index contributed by atoms with van der Waals surface area (Å²) in [5.74, 6) is 1.73. The van der Waals surface area contributed by atoms with Gasteiger partial charge in [-0.1, -0.05) is 91.0 Å². The van der Waals surface area contributed by atoms with Crippen LogP contribution in [0.1, 0.15) is 5.56 Å². The molecule has 0 aliphatic rings. The molecular weight excluding hydrogens is 811 g/mol. The molecular formula is C57H33N9. The molecule has 0 fully saturated rings. The molecule has 0 radical (unpaired) electrons. The largest absolute Gasteiger partial charge is 0.308 e. The Labute approximate surface area is 374 Å². The predicted octanol–water partition coefficient (Wildman–Crippen LogP) is 13.2. The smallest absolute Gasteiger partial charge is 0.220 e. The molecule has 6 heterocycles. The number of imidazole rings is 4. The van der Waals surface area contributed by atoms with Gasteiger partial charge in [-0.2, -0.15) is 5.26 Å². The van der Waals surface area contributed by atoms with Crippen molar-refractivity contribution in [1.82, 2.24) is 37.0 Å². The van der Waals surface area contributed by atoms with Gasteiger partial charge >= 0.3 is 0 Å². The molecule has 0 amide bonds. The Hall–Kier alpha value is -9.39. The van der Waals surface area contributed by atoms with Crippen molar-refractivity contribution in [2.24, 2.45) is 0 Å². The highest BCUT2D eigenvalue weighted by Gasteiger charge is 2.24. The molecule has 0 saturated carbocycles. The van der Waals surface area contributed by atoms with Gasteiger partial charge < -0.3 is 9.13 Å². The Morgan fingerprint density at radius 1 is 0.318 bits per heavy atom. The summed E-state index contributed by atoms with van der Waals surface area (Å²) in [6.45, 7) is 0. The Kier molecular flexibility index (Phi) is 6.84. The minimum absolute atomic E-state index is 0.584. The van der Waals surface area contributed by atoms with Crippen LogP contribution in [0.25, 0.3) is 122 Å². The number of aromatic nitrogens is 8. The lowest BCUT2D eigenvalue weighted by Crippen LogP contribution is -2.04. The number of benzene rings is 9. The zero-order valence-electron chi connectivity index (χ0n) is 35.1. The normalized spacial score (nSPS) is 12.2. The first-order valence-electron chi connectivity index (χ1n) is 22.1. The van der Waals surface area contributed by atoms with E-state index in [0.29, 0.717) is 5.56 Å². The summed E-state index contributed by atoms with van der Waals surface area (Å²) in [5.41, 5.74) is 16.7. The number of para-hydroxylation sites is 10. The summed E-state index contributed by atoms with van der Waals surface area (Å²) in [6.07, 6.45) is 0. The van der Waals surface area contributed by atoms with E-state index in [1.807, 2.05) is 12.1 Å². The molecule has 0 unspecified atom stereocenters. The highest BCUT2D eigenvalue weighted by atomic mass is 15.2. The second-order valence-electron chi connectivity index (χ2n) is 17.0. The van der Waals surface area contributed by atoms with Gasteiger partial charge in [-0.05, 0) is 109 Å². The van der Waals surface area contributed by atoms with Crippen molar-refractivity contribution in [1.29, 1.82) is 5.26 Å². The van der Waals surface area contributed by atoms with Crippen molar-refractivity contribution in [2.75, 3.05) is 0 Å².